The first-order valence-electron chi connectivity index (χ1n) is 7.58. The van der Waals surface area contributed by atoms with E-state index in [1.54, 1.807) is 0 Å². The van der Waals surface area contributed by atoms with Crippen LogP contribution in [-0.2, 0) is 14.8 Å². The molecule has 2 bridgehead atoms. The van der Waals surface area contributed by atoms with Gasteiger partial charge in [0, 0.05) is 12.1 Å². The van der Waals surface area contributed by atoms with E-state index >= 15 is 0 Å². The molecule has 0 saturated carbocycles. The van der Waals surface area contributed by atoms with Gasteiger partial charge in [0.1, 0.15) is 12.4 Å². The average Bonchev–Trinajstić information content (AvgIpc) is 3.12. The zero-order chi connectivity index (χ0) is 17.5. The average molecular weight is 361 g/mol. The number of sulfonamides is 1. The van der Waals surface area contributed by atoms with Gasteiger partial charge in [-0.25, -0.2) is 17.2 Å². The molecule has 2 fully saturated rings. The van der Waals surface area contributed by atoms with Crippen LogP contribution in [0.15, 0.2) is 29.2 Å². The Kier molecular flexibility index (Phi) is 4.48. The maximum absolute atomic E-state index is 12.8. The molecule has 1 aromatic carbocycles. The number of carboxylic acids is 1. The molecule has 2 aliphatic heterocycles. The molecule has 1 N–H and O–H groups in total. The largest absolute Gasteiger partial charge is 0.488 e. The number of carbonyl (C=O) groups is 1. The third kappa shape index (κ3) is 2.98. The Balaban J connectivity index is 1.80. The quantitative estimate of drug-likeness (QED) is 0.837. The summed E-state index contributed by atoms with van der Waals surface area (Å²) in [4.78, 5) is 11.3. The fraction of sp³-hybridized carbons (Fsp3) is 0.533. The lowest BCUT2D eigenvalue weighted by Gasteiger charge is -2.22. The molecule has 24 heavy (non-hydrogen) atoms. The molecule has 0 aromatic heterocycles. The summed E-state index contributed by atoms with van der Waals surface area (Å²) >= 11 is 0. The third-order valence-corrected chi connectivity index (χ3v) is 6.56. The normalized spacial score (nSPS) is 26.9. The van der Waals surface area contributed by atoms with E-state index in [1.165, 1.54) is 28.6 Å². The molecule has 2 saturated heterocycles. The third-order valence-electron chi connectivity index (χ3n) is 4.57. The van der Waals surface area contributed by atoms with Crippen LogP contribution >= 0.6 is 0 Å². The lowest BCUT2D eigenvalue weighted by atomic mass is 9.89. The van der Waals surface area contributed by atoms with Crippen LogP contribution in [0.1, 0.15) is 19.3 Å². The van der Waals surface area contributed by atoms with Crippen LogP contribution in [0.25, 0.3) is 0 Å². The minimum atomic E-state index is -3.82. The first kappa shape index (κ1) is 17.1. The van der Waals surface area contributed by atoms with Gasteiger partial charge in [-0.15, -0.1) is 0 Å². The number of ether oxygens (including phenoxy) is 1. The Morgan fingerprint density at radius 3 is 2.50 bits per heavy atom. The summed E-state index contributed by atoms with van der Waals surface area (Å²) in [5, 5.41) is 9.23. The van der Waals surface area contributed by atoms with Crippen LogP contribution in [0.2, 0.25) is 0 Å². The number of nitrogens with zero attached hydrogens (tertiary/aromatic N) is 1. The van der Waals surface area contributed by atoms with E-state index in [1.807, 2.05) is 0 Å². The minimum Gasteiger partial charge on any atom is -0.488 e. The number of fused-ring (bicyclic) bond motifs is 2. The van der Waals surface area contributed by atoms with Gasteiger partial charge in [-0.2, -0.15) is 4.31 Å². The fourth-order valence-electron chi connectivity index (χ4n) is 3.57. The zero-order valence-corrected chi connectivity index (χ0v) is 13.5. The Labute approximate surface area is 138 Å². The van der Waals surface area contributed by atoms with Crippen molar-refractivity contribution in [1.82, 2.24) is 4.31 Å². The highest BCUT2D eigenvalue weighted by Gasteiger charge is 2.54. The maximum Gasteiger partial charge on any atom is 0.308 e. The molecule has 0 aliphatic carbocycles. The highest BCUT2D eigenvalue weighted by molar-refractivity contribution is 7.89. The van der Waals surface area contributed by atoms with Gasteiger partial charge in [0.05, 0.1) is 10.8 Å². The van der Waals surface area contributed by atoms with E-state index in [-0.39, 0.29) is 16.7 Å². The van der Waals surface area contributed by atoms with Crippen molar-refractivity contribution in [3.8, 4) is 5.75 Å². The smallest absolute Gasteiger partial charge is 0.308 e. The van der Waals surface area contributed by atoms with Crippen molar-refractivity contribution >= 4 is 16.0 Å². The SMILES string of the molecule is O=C(O)C1CC2CCC1N2S(=O)(=O)c1ccc(OCC(F)F)cc1. The minimum absolute atomic E-state index is 0.00911. The van der Waals surface area contributed by atoms with Crippen molar-refractivity contribution in [3.63, 3.8) is 0 Å². The van der Waals surface area contributed by atoms with E-state index in [9.17, 15) is 27.1 Å². The van der Waals surface area contributed by atoms with Crippen molar-refractivity contribution in [2.45, 2.75) is 42.7 Å². The predicted octanol–water partition coefficient (Wildman–Crippen LogP) is 1.96. The van der Waals surface area contributed by atoms with Crippen molar-refractivity contribution in [2.24, 2.45) is 5.92 Å². The summed E-state index contributed by atoms with van der Waals surface area (Å²) in [6.07, 6.45) is -1.09. The molecule has 3 atom stereocenters. The number of halogens is 2. The summed E-state index contributed by atoms with van der Waals surface area (Å²) in [6, 6.07) is 4.42. The van der Waals surface area contributed by atoms with Crippen LogP contribution in [0.5, 0.6) is 5.75 Å². The van der Waals surface area contributed by atoms with Gasteiger partial charge in [0.2, 0.25) is 10.0 Å². The van der Waals surface area contributed by atoms with Crippen molar-refractivity contribution in [3.05, 3.63) is 24.3 Å². The van der Waals surface area contributed by atoms with Gasteiger partial charge < -0.3 is 9.84 Å². The maximum atomic E-state index is 12.8. The van der Waals surface area contributed by atoms with Gasteiger partial charge in [0.25, 0.3) is 6.43 Å². The molecule has 0 amide bonds. The van der Waals surface area contributed by atoms with Gasteiger partial charge in [0.15, 0.2) is 0 Å². The molecule has 1 aromatic rings. The molecule has 9 heteroatoms. The summed E-state index contributed by atoms with van der Waals surface area (Å²) in [7, 11) is -3.82. The molecular formula is C15H17F2NO5S. The first-order valence-corrected chi connectivity index (χ1v) is 9.02. The number of benzene rings is 1. The van der Waals surface area contributed by atoms with Gasteiger partial charge >= 0.3 is 5.97 Å². The lowest BCUT2D eigenvalue weighted by Crippen LogP contribution is -2.37. The number of rotatable bonds is 6. The van der Waals surface area contributed by atoms with Crippen LogP contribution in [0, 0.1) is 5.92 Å². The molecular weight excluding hydrogens is 344 g/mol. The number of hydrogen-bond acceptors (Lipinski definition) is 4. The summed E-state index contributed by atoms with van der Waals surface area (Å²) in [5.41, 5.74) is 0. The van der Waals surface area contributed by atoms with E-state index in [0.29, 0.717) is 19.3 Å². The Morgan fingerprint density at radius 1 is 1.29 bits per heavy atom. The molecule has 3 unspecified atom stereocenters. The zero-order valence-electron chi connectivity index (χ0n) is 12.6. The number of carboxylic acid groups (broad SMARTS) is 1. The Morgan fingerprint density at radius 2 is 1.96 bits per heavy atom. The molecule has 0 spiro atoms. The predicted molar refractivity (Wildman–Crippen MR) is 79.5 cm³/mol. The molecule has 132 valence electrons. The van der Waals surface area contributed by atoms with Gasteiger partial charge in [-0.3, -0.25) is 4.79 Å². The van der Waals surface area contributed by atoms with Crippen LogP contribution in [0.4, 0.5) is 8.78 Å². The standard InChI is InChI=1S/C15H17F2NO5S/c16-14(17)8-23-10-2-4-11(5-3-10)24(21,22)18-9-1-6-13(18)12(7-9)15(19)20/h2-5,9,12-14H,1,6-8H2,(H,19,20). The van der Waals surface area contributed by atoms with E-state index in [2.05, 4.69) is 0 Å². The van der Waals surface area contributed by atoms with Crippen molar-refractivity contribution < 1.29 is 31.8 Å². The van der Waals surface area contributed by atoms with Gasteiger partial charge in [-0.05, 0) is 43.5 Å². The van der Waals surface area contributed by atoms with E-state index < -0.39 is 41.0 Å². The number of alkyl halides is 2. The second-order valence-corrected chi connectivity index (χ2v) is 7.83. The molecule has 6 nitrogen and oxygen atoms in total. The number of aliphatic carboxylic acids is 1. The van der Waals surface area contributed by atoms with Crippen LogP contribution < -0.4 is 4.74 Å². The monoisotopic (exact) mass is 361 g/mol. The van der Waals surface area contributed by atoms with Gasteiger partial charge in [-0.1, -0.05) is 0 Å². The second-order valence-electron chi connectivity index (χ2n) is 5.99. The first-order chi connectivity index (χ1) is 11.3. The van der Waals surface area contributed by atoms with E-state index in [4.69, 9.17) is 4.74 Å². The molecule has 2 heterocycles. The highest BCUT2D eigenvalue weighted by atomic mass is 32.2. The summed E-state index contributed by atoms with van der Waals surface area (Å²) in [6.45, 7) is -0.761. The highest BCUT2D eigenvalue weighted by Crippen LogP contribution is 2.45. The van der Waals surface area contributed by atoms with E-state index in [0.717, 1.165) is 0 Å². The molecule has 2 aliphatic rings. The second kappa shape index (κ2) is 6.29. The summed E-state index contributed by atoms with van der Waals surface area (Å²) < 4.78 is 56.0. The Bertz CT molecular complexity index is 722. The fourth-order valence-corrected chi connectivity index (χ4v) is 5.48. The topological polar surface area (TPSA) is 83.9 Å². The Hall–Kier alpha value is -1.74. The lowest BCUT2D eigenvalue weighted by molar-refractivity contribution is -0.142. The van der Waals surface area contributed by atoms with Crippen LogP contribution in [-0.4, -0.2) is 48.9 Å². The number of hydrogen-bond donors (Lipinski definition) is 1. The summed E-state index contributed by atoms with van der Waals surface area (Å²) in [5.74, 6) is -1.49. The van der Waals surface area contributed by atoms with Crippen molar-refractivity contribution in [2.75, 3.05) is 6.61 Å². The van der Waals surface area contributed by atoms with Crippen LogP contribution in [0.3, 0.4) is 0 Å². The van der Waals surface area contributed by atoms with Crippen molar-refractivity contribution in [1.29, 1.82) is 0 Å². The molecule has 0 radical (unpaired) electrons. The molecule has 3 rings (SSSR count).